The van der Waals surface area contributed by atoms with Crippen molar-refractivity contribution in [2.24, 2.45) is 0 Å². The van der Waals surface area contributed by atoms with Gasteiger partial charge in [-0.1, -0.05) is 0 Å². The first-order valence-electron chi connectivity index (χ1n) is 5.11. The van der Waals surface area contributed by atoms with Gasteiger partial charge >= 0.3 is 0 Å². The molecule has 0 atom stereocenters. The second kappa shape index (κ2) is 3.78. The predicted octanol–water partition coefficient (Wildman–Crippen LogP) is 0.640. The molecule has 0 unspecified atom stereocenters. The predicted molar refractivity (Wildman–Crippen MR) is 63.1 cm³/mol. The number of fused-ring (bicyclic) bond motifs is 1. The van der Waals surface area contributed by atoms with E-state index < -0.39 is 0 Å². The molecule has 0 aromatic carbocycles. The molecule has 0 amide bonds. The molecule has 3 heterocycles. The maximum atomic E-state index is 8.86. The lowest BCUT2D eigenvalue weighted by Crippen LogP contribution is -2.03. The van der Waals surface area contributed by atoms with Crippen LogP contribution in [0.2, 0.25) is 0 Å². The molecule has 3 aromatic rings. The first kappa shape index (κ1) is 10.2. The van der Waals surface area contributed by atoms with Gasteiger partial charge < -0.3 is 5.73 Å². The number of hydrogen-bond donors (Lipinski definition) is 1. The van der Waals surface area contributed by atoms with Crippen LogP contribution in [0.5, 0.6) is 0 Å². The van der Waals surface area contributed by atoms with Crippen molar-refractivity contribution in [2.45, 2.75) is 0 Å². The molecule has 0 saturated heterocycles. The lowest BCUT2D eigenvalue weighted by Gasteiger charge is -1.97. The maximum Gasteiger partial charge on any atom is 0.254 e. The number of aromatic nitrogens is 5. The summed E-state index contributed by atoms with van der Waals surface area (Å²) in [5, 5.41) is 13.1. The van der Waals surface area contributed by atoms with Crippen molar-refractivity contribution >= 4 is 11.6 Å². The molecule has 7 nitrogen and oxygen atoms in total. The normalized spacial score (nSPS) is 10.4. The number of nitrogen functional groups attached to an aromatic ring is 1. The quantitative estimate of drug-likeness (QED) is 0.665. The van der Waals surface area contributed by atoms with Crippen LogP contribution in [0.25, 0.3) is 17.2 Å². The number of pyridine rings is 1. The molecule has 86 valence electrons. The highest BCUT2D eigenvalue weighted by Gasteiger charge is 2.11. The molecule has 0 fully saturated rings. The summed E-state index contributed by atoms with van der Waals surface area (Å²) in [6.45, 7) is 0. The third kappa shape index (κ3) is 1.44. The minimum absolute atomic E-state index is 0.227. The van der Waals surface area contributed by atoms with E-state index >= 15 is 0 Å². The first-order chi connectivity index (χ1) is 8.79. The number of nitrogens with zero attached hydrogens (tertiary/aromatic N) is 6. The van der Waals surface area contributed by atoms with Crippen LogP contribution in [0.3, 0.4) is 0 Å². The Kier molecular flexibility index (Phi) is 2.13. The number of hydrogen-bond acceptors (Lipinski definition) is 6. The van der Waals surface area contributed by atoms with E-state index in [0.29, 0.717) is 11.6 Å². The summed E-state index contributed by atoms with van der Waals surface area (Å²) in [5.74, 6) is 1.05. The second-order valence-electron chi connectivity index (χ2n) is 3.56. The average Bonchev–Trinajstić information content (AvgIpc) is 2.85. The summed E-state index contributed by atoms with van der Waals surface area (Å²) in [6, 6.07) is 5.57. The van der Waals surface area contributed by atoms with Crippen LogP contribution >= 0.6 is 0 Å². The molecule has 0 saturated carbocycles. The zero-order valence-electron chi connectivity index (χ0n) is 9.15. The minimum atomic E-state index is 0.227. The van der Waals surface area contributed by atoms with E-state index in [9.17, 15) is 0 Å². The van der Waals surface area contributed by atoms with E-state index in [1.807, 2.05) is 12.1 Å². The van der Waals surface area contributed by atoms with Gasteiger partial charge in [0.1, 0.15) is 17.5 Å². The summed E-state index contributed by atoms with van der Waals surface area (Å²) < 4.78 is 1.35. The number of anilines is 1. The molecular weight excluding hydrogens is 230 g/mol. The molecular formula is C11H7N7. The van der Waals surface area contributed by atoms with Gasteiger partial charge in [0.05, 0.1) is 6.20 Å². The second-order valence-corrected chi connectivity index (χ2v) is 3.56. The van der Waals surface area contributed by atoms with Gasteiger partial charge in [0.15, 0.2) is 5.82 Å². The van der Waals surface area contributed by atoms with E-state index in [0.717, 1.165) is 5.56 Å². The fourth-order valence-corrected chi connectivity index (χ4v) is 1.56. The third-order valence-corrected chi connectivity index (χ3v) is 2.44. The Morgan fingerprint density at radius 3 is 2.94 bits per heavy atom. The number of nitrogens with two attached hydrogens (primary N) is 1. The smallest absolute Gasteiger partial charge is 0.254 e. The van der Waals surface area contributed by atoms with Gasteiger partial charge in [-0.2, -0.15) is 14.8 Å². The minimum Gasteiger partial charge on any atom is -0.382 e. The van der Waals surface area contributed by atoms with Gasteiger partial charge in [-0.3, -0.25) is 4.98 Å². The Morgan fingerprint density at radius 2 is 2.22 bits per heavy atom. The van der Waals surface area contributed by atoms with Crippen LogP contribution in [0.4, 0.5) is 5.82 Å². The maximum absolute atomic E-state index is 8.86. The van der Waals surface area contributed by atoms with E-state index in [1.165, 1.54) is 10.7 Å². The van der Waals surface area contributed by atoms with Gasteiger partial charge in [-0.15, -0.1) is 5.10 Å². The van der Waals surface area contributed by atoms with Gasteiger partial charge in [0.25, 0.3) is 5.78 Å². The summed E-state index contributed by atoms with van der Waals surface area (Å²) in [5.41, 5.74) is 6.84. The highest BCUT2D eigenvalue weighted by molar-refractivity contribution is 5.58. The highest BCUT2D eigenvalue weighted by atomic mass is 15.4. The van der Waals surface area contributed by atoms with Gasteiger partial charge in [0.2, 0.25) is 0 Å². The number of rotatable bonds is 1. The molecule has 0 bridgehead atoms. The zero-order chi connectivity index (χ0) is 12.5. The fourth-order valence-electron chi connectivity index (χ4n) is 1.56. The van der Waals surface area contributed by atoms with E-state index in [-0.39, 0.29) is 11.4 Å². The van der Waals surface area contributed by atoms with E-state index in [4.69, 9.17) is 11.0 Å². The van der Waals surface area contributed by atoms with Gasteiger partial charge in [-0.25, -0.2) is 4.98 Å². The van der Waals surface area contributed by atoms with Crippen molar-refractivity contribution in [1.29, 1.82) is 5.26 Å². The Balaban J connectivity index is 2.24. The van der Waals surface area contributed by atoms with Crippen molar-refractivity contribution in [1.82, 2.24) is 24.6 Å². The lowest BCUT2D eigenvalue weighted by atomic mass is 10.3. The van der Waals surface area contributed by atoms with Crippen molar-refractivity contribution < 1.29 is 0 Å². The monoisotopic (exact) mass is 237 g/mol. The van der Waals surface area contributed by atoms with Crippen LogP contribution < -0.4 is 5.73 Å². The van der Waals surface area contributed by atoms with Crippen LogP contribution in [-0.4, -0.2) is 24.6 Å². The zero-order valence-corrected chi connectivity index (χ0v) is 9.15. The Labute approximate surface area is 102 Å². The van der Waals surface area contributed by atoms with E-state index in [1.54, 1.807) is 18.5 Å². The molecule has 0 aliphatic heterocycles. The highest BCUT2D eigenvalue weighted by Crippen LogP contribution is 2.16. The number of nitriles is 1. The first-order valence-corrected chi connectivity index (χ1v) is 5.11. The summed E-state index contributed by atoms with van der Waals surface area (Å²) in [7, 11) is 0. The SMILES string of the molecule is N#Cc1cnc2nc(-c3cccnc3)nn2c1N. The third-order valence-electron chi connectivity index (χ3n) is 2.44. The van der Waals surface area contributed by atoms with E-state index in [2.05, 4.69) is 20.1 Å². The Bertz CT molecular complexity index is 754. The Hall–Kier alpha value is -3.01. The van der Waals surface area contributed by atoms with Crippen molar-refractivity contribution in [3.63, 3.8) is 0 Å². The van der Waals surface area contributed by atoms with Crippen LogP contribution in [0.15, 0.2) is 30.7 Å². The van der Waals surface area contributed by atoms with Crippen molar-refractivity contribution in [2.75, 3.05) is 5.73 Å². The molecule has 0 spiro atoms. The molecule has 7 heteroatoms. The lowest BCUT2D eigenvalue weighted by molar-refractivity contribution is 0.950. The largest absolute Gasteiger partial charge is 0.382 e. The molecule has 3 rings (SSSR count). The topological polar surface area (TPSA) is 106 Å². The molecule has 0 radical (unpaired) electrons. The fraction of sp³-hybridized carbons (Fsp3) is 0. The molecule has 18 heavy (non-hydrogen) atoms. The summed E-state index contributed by atoms with van der Waals surface area (Å²) in [4.78, 5) is 12.3. The molecule has 0 aliphatic rings. The summed E-state index contributed by atoms with van der Waals surface area (Å²) in [6.07, 6.45) is 4.70. The van der Waals surface area contributed by atoms with Gasteiger partial charge in [0, 0.05) is 18.0 Å². The average molecular weight is 237 g/mol. The molecule has 0 aliphatic carbocycles. The van der Waals surface area contributed by atoms with Crippen LogP contribution in [-0.2, 0) is 0 Å². The van der Waals surface area contributed by atoms with Crippen LogP contribution in [0.1, 0.15) is 5.56 Å². The molecule has 2 N–H and O–H groups in total. The van der Waals surface area contributed by atoms with Crippen molar-refractivity contribution in [3.8, 4) is 17.5 Å². The summed E-state index contributed by atoms with van der Waals surface area (Å²) >= 11 is 0. The molecule has 3 aromatic heterocycles. The van der Waals surface area contributed by atoms with Crippen LogP contribution in [0, 0.1) is 11.3 Å². The van der Waals surface area contributed by atoms with Crippen molar-refractivity contribution in [3.05, 3.63) is 36.3 Å². The Morgan fingerprint density at radius 1 is 1.33 bits per heavy atom. The van der Waals surface area contributed by atoms with Gasteiger partial charge in [-0.05, 0) is 12.1 Å². The standard InChI is InChI=1S/C11H7N7/c12-4-8-6-15-11-16-10(17-18(11)9(8)13)7-2-1-3-14-5-7/h1-3,5-6H,13H2.